The van der Waals surface area contributed by atoms with Crippen molar-refractivity contribution in [1.29, 1.82) is 0 Å². The minimum atomic E-state index is -0.460. The maximum atomic E-state index is 13.2. The Kier molecular flexibility index (Phi) is 4.87. The number of morpholine rings is 1. The lowest BCUT2D eigenvalue weighted by atomic mass is 10.0. The molecule has 0 unspecified atom stereocenters. The van der Waals surface area contributed by atoms with Crippen molar-refractivity contribution in [3.63, 3.8) is 0 Å². The second kappa shape index (κ2) is 6.93. The summed E-state index contributed by atoms with van der Waals surface area (Å²) in [5.41, 5.74) is 0.654. The second-order valence-electron chi connectivity index (χ2n) is 6.77. The van der Waals surface area contributed by atoms with E-state index >= 15 is 0 Å². The zero-order valence-electron chi connectivity index (χ0n) is 14.6. The van der Waals surface area contributed by atoms with Crippen LogP contribution in [0.15, 0.2) is 36.8 Å². The first-order valence-electron chi connectivity index (χ1n) is 8.14. The van der Waals surface area contributed by atoms with Crippen LogP contribution in [0.2, 0.25) is 0 Å². The van der Waals surface area contributed by atoms with Gasteiger partial charge in [-0.05, 0) is 38.1 Å². The van der Waals surface area contributed by atoms with Gasteiger partial charge in [-0.25, -0.2) is 9.37 Å². The van der Waals surface area contributed by atoms with Crippen LogP contribution in [0, 0.1) is 5.82 Å². The van der Waals surface area contributed by atoms with Gasteiger partial charge in [-0.15, -0.1) is 0 Å². The van der Waals surface area contributed by atoms with Crippen molar-refractivity contribution in [3.8, 4) is 5.69 Å². The number of hydrogen-bond donors (Lipinski definition) is 0. The maximum absolute atomic E-state index is 13.2. The number of benzene rings is 1. The summed E-state index contributed by atoms with van der Waals surface area (Å²) in [5.74, 6) is -0.464. The average molecular weight is 347 g/mol. The smallest absolute Gasteiger partial charge is 0.272 e. The van der Waals surface area contributed by atoms with Crippen LogP contribution in [0.25, 0.3) is 5.69 Å². The van der Waals surface area contributed by atoms with Gasteiger partial charge in [0.05, 0.1) is 30.8 Å². The molecule has 0 spiro atoms. The lowest BCUT2D eigenvalue weighted by Crippen LogP contribution is -2.55. The molecule has 134 valence electrons. The summed E-state index contributed by atoms with van der Waals surface area (Å²) in [6.45, 7) is 5.24. The predicted molar refractivity (Wildman–Crippen MR) is 90.3 cm³/mol. The highest BCUT2D eigenvalue weighted by atomic mass is 19.1. The molecule has 2 heterocycles. The Balaban J connectivity index is 1.86. The van der Waals surface area contributed by atoms with E-state index in [2.05, 4.69) is 4.98 Å². The maximum Gasteiger partial charge on any atom is 0.272 e. The fourth-order valence-corrected chi connectivity index (χ4v) is 3.15. The fraction of sp³-hybridized carbons (Fsp3) is 0.444. The number of halogens is 1. The summed E-state index contributed by atoms with van der Waals surface area (Å²) in [6.07, 6.45) is 2.90. The normalized spacial score (nSPS) is 19.8. The molecular weight excluding hydrogens is 325 g/mol. The van der Waals surface area contributed by atoms with E-state index in [-0.39, 0.29) is 17.8 Å². The number of carbonyl (C=O) groups excluding carboxylic acids is 1. The largest absolute Gasteiger partial charge is 0.382 e. The van der Waals surface area contributed by atoms with Gasteiger partial charge < -0.3 is 14.4 Å². The van der Waals surface area contributed by atoms with Gasteiger partial charge in [0, 0.05) is 25.9 Å². The molecule has 1 aliphatic heterocycles. The van der Waals surface area contributed by atoms with Crippen LogP contribution in [0.5, 0.6) is 0 Å². The minimum absolute atomic E-state index is 0.140. The fourth-order valence-electron chi connectivity index (χ4n) is 3.15. The zero-order valence-corrected chi connectivity index (χ0v) is 14.6. The Morgan fingerprint density at radius 1 is 1.40 bits per heavy atom. The van der Waals surface area contributed by atoms with Crippen molar-refractivity contribution in [2.24, 2.45) is 0 Å². The molecule has 0 aliphatic carbocycles. The van der Waals surface area contributed by atoms with E-state index in [1.54, 1.807) is 35.0 Å². The average Bonchev–Trinajstić information content (AvgIpc) is 3.03. The van der Waals surface area contributed by atoms with E-state index in [0.29, 0.717) is 31.1 Å². The van der Waals surface area contributed by atoms with E-state index in [0.717, 1.165) is 0 Å². The van der Waals surface area contributed by atoms with Gasteiger partial charge in [0.25, 0.3) is 5.91 Å². The molecule has 0 N–H and O–H groups in total. The summed E-state index contributed by atoms with van der Waals surface area (Å²) in [6, 6.07) is 5.95. The van der Waals surface area contributed by atoms with Crippen LogP contribution >= 0.6 is 0 Å². The molecule has 2 aromatic rings. The quantitative estimate of drug-likeness (QED) is 0.851. The highest BCUT2D eigenvalue weighted by Gasteiger charge is 2.36. The van der Waals surface area contributed by atoms with Crippen LogP contribution in [0.4, 0.5) is 4.39 Å². The molecule has 1 saturated heterocycles. The standard InChI is InChI=1S/C18H22FN3O3/c1-18(2)11-21(9-15(25-18)10-24-3)17(23)16-8-20-12-22(16)14-6-4-13(19)5-7-14/h4-8,12,15H,9-11H2,1-3H3/t15-/m0/s1. The number of rotatable bonds is 4. The number of methoxy groups -OCH3 is 1. The predicted octanol–water partition coefficient (Wildman–Crippen LogP) is 2.28. The number of hydrogen-bond acceptors (Lipinski definition) is 4. The third-order valence-electron chi connectivity index (χ3n) is 4.08. The van der Waals surface area contributed by atoms with Gasteiger partial charge in [0.15, 0.2) is 0 Å². The van der Waals surface area contributed by atoms with Crippen molar-refractivity contribution in [3.05, 3.63) is 48.3 Å². The van der Waals surface area contributed by atoms with Crippen molar-refractivity contribution >= 4 is 5.91 Å². The van der Waals surface area contributed by atoms with Crippen molar-refractivity contribution in [2.75, 3.05) is 26.8 Å². The molecule has 0 radical (unpaired) electrons. The molecule has 0 saturated carbocycles. The number of carbonyl (C=O) groups is 1. The Morgan fingerprint density at radius 2 is 2.12 bits per heavy atom. The van der Waals surface area contributed by atoms with Gasteiger partial charge in [0.2, 0.25) is 0 Å². The number of amides is 1. The number of nitrogens with zero attached hydrogens (tertiary/aromatic N) is 3. The van der Waals surface area contributed by atoms with E-state index < -0.39 is 5.60 Å². The summed E-state index contributed by atoms with van der Waals surface area (Å²) in [7, 11) is 1.61. The first-order valence-corrected chi connectivity index (χ1v) is 8.14. The van der Waals surface area contributed by atoms with Gasteiger partial charge in [-0.3, -0.25) is 9.36 Å². The Hall–Kier alpha value is -2.25. The molecular formula is C18H22FN3O3. The van der Waals surface area contributed by atoms with E-state index in [4.69, 9.17) is 9.47 Å². The SMILES string of the molecule is COC[C@@H]1CN(C(=O)c2cncn2-c2ccc(F)cc2)CC(C)(C)O1. The molecule has 25 heavy (non-hydrogen) atoms. The van der Waals surface area contributed by atoms with Gasteiger partial charge in [0.1, 0.15) is 11.5 Å². The molecule has 3 rings (SSSR count). The van der Waals surface area contributed by atoms with Crippen LogP contribution in [0.3, 0.4) is 0 Å². The Labute approximate surface area is 146 Å². The lowest BCUT2D eigenvalue weighted by Gasteiger charge is -2.42. The topological polar surface area (TPSA) is 56.6 Å². The van der Waals surface area contributed by atoms with Crippen molar-refractivity contribution < 1.29 is 18.7 Å². The third-order valence-corrected chi connectivity index (χ3v) is 4.08. The van der Waals surface area contributed by atoms with Gasteiger partial charge in [-0.1, -0.05) is 0 Å². The highest BCUT2D eigenvalue weighted by molar-refractivity contribution is 5.93. The molecule has 1 aromatic carbocycles. The van der Waals surface area contributed by atoms with E-state index in [1.165, 1.54) is 18.3 Å². The minimum Gasteiger partial charge on any atom is -0.382 e. The zero-order chi connectivity index (χ0) is 18.0. The number of imidazole rings is 1. The third kappa shape index (κ3) is 3.88. The summed E-state index contributed by atoms with van der Waals surface area (Å²) >= 11 is 0. The molecule has 1 atom stereocenters. The molecule has 1 aromatic heterocycles. The first kappa shape index (κ1) is 17.6. The molecule has 7 heteroatoms. The van der Waals surface area contributed by atoms with Gasteiger partial charge in [-0.2, -0.15) is 0 Å². The number of aromatic nitrogens is 2. The molecule has 6 nitrogen and oxygen atoms in total. The molecule has 1 fully saturated rings. The summed E-state index contributed by atoms with van der Waals surface area (Å²) in [4.78, 5) is 18.9. The first-order chi connectivity index (χ1) is 11.9. The summed E-state index contributed by atoms with van der Waals surface area (Å²) < 4.78 is 26.0. The Morgan fingerprint density at radius 3 is 2.80 bits per heavy atom. The van der Waals surface area contributed by atoms with Crippen molar-refractivity contribution in [2.45, 2.75) is 25.6 Å². The van der Waals surface area contributed by atoms with Crippen molar-refractivity contribution in [1.82, 2.24) is 14.5 Å². The van der Waals surface area contributed by atoms with Crippen LogP contribution in [-0.4, -0.2) is 58.9 Å². The monoisotopic (exact) mass is 347 g/mol. The summed E-state index contributed by atoms with van der Waals surface area (Å²) in [5, 5.41) is 0. The van der Waals surface area contributed by atoms with Gasteiger partial charge >= 0.3 is 0 Å². The van der Waals surface area contributed by atoms with E-state index in [9.17, 15) is 9.18 Å². The second-order valence-corrected chi connectivity index (χ2v) is 6.77. The lowest BCUT2D eigenvalue weighted by molar-refractivity contribution is -0.143. The van der Waals surface area contributed by atoms with E-state index in [1.807, 2.05) is 13.8 Å². The van der Waals surface area contributed by atoms with Crippen LogP contribution in [0.1, 0.15) is 24.3 Å². The Bertz CT molecular complexity index is 742. The van der Waals surface area contributed by atoms with Crippen LogP contribution in [-0.2, 0) is 9.47 Å². The van der Waals surface area contributed by atoms with Crippen LogP contribution < -0.4 is 0 Å². The highest BCUT2D eigenvalue weighted by Crippen LogP contribution is 2.23. The molecule has 1 amide bonds. The number of ether oxygens (including phenoxy) is 2. The molecule has 0 bridgehead atoms. The molecule has 1 aliphatic rings.